The van der Waals surface area contributed by atoms with Gasteiger partial charge >= 0.3 is 0 Å². The van der Waals surface area contributed by atoms with Crippen LogP contribution in [0.4, 0.5) is 4.39 Å². The van der Waals surface area contributed by atoms with E-state index in [0.29, 0.717) is 6.54 Å². The predicted molar refractivity (Wildman–Crippen MR) is 77.8 cm³/mol. The third-order valence-electron chi connectivity index (χ3n) is 3.43. The van der Waals surface area contributed by atoms with E-state index in [2.05, 4.69) is 10.4 Å². The van der Waals surface area contributed by atoms with Gasteiger partial charge in [-0.1, -0.05) is 26.0 Å². The summed E-state index contributed by atoms with van der Waals surface area (Å²) in [5.74, 6) is -0.670. The van der Waals surface area contributed by atoms with Crippen molar-refractivity contribution >= 4 is 5.91 Å². The summed E-state index contributed by atoms with van der Waals surface area (Å²) in [5.41, 5.74) is 0.304. The van der Waals surface area contributed by atoms with Gasteiger partial charge in [0.1, 0.15) is 11.5 Å². The lowest BCUT2D eigenvalue weighted by molar-refractivity contribution is 0.0940. The number of hydrogen-bond donors (Lipinski definition) is 2. The van der Waals surface area contributed by atoms with Crippen LogP contribution in [0.25, 0.3) is 0 Å². The standard InChI is InChI=1S/C15H18FN3O2/c1-15(2,10-5-4-6-11(16)7-10)9-17-14(21)12-8-13(20)19(3)18-12/h4-8,18H,9H2,1-3H3,(H,17,21). The zero-order valence-corrected chi connectivity index (χ0v) is 12.2. The number of carbonyl (C=O) groups excluding carboxylic acids is 1. The molecule has 21 heavy (non-hydrogen) atoms. The summed E-state index contributed by atoms with van der Waals surface area (Å²) in [6, 6.07) is 7.54. The molecule has 5 nitrogen and oxygen atoms in total. The topological polar surface area (TPSA) is 66.9 Å². The van der Waals surface area contributed by atoms with E-state index >= 15 is 0 Å². The number of rotatable bonds is 4. The number of benzene rings is 1. The Labute approximate surface area is 121 Å². The van der Waals surface area contributed by atoms with Gasteiger partial charge in [0.15, 0.2) is 0 Å². The molecule has 2 rings (SSSR count). The Morgan fingerprint density at radius 1 is 1.38 bits per heavy atom. The molecule has 1 aromatic carbocycles. The second kappa shape index (κ2) is 5.55. The van der Waals surface area contributed by atoms with E-state index in [1.165, 1.54) is 29.9 Å². The smallest absolute Gasteiger partial charge is 0.269 e. The lowest BCUT2D eigenvalue weighted by atomic mass is 9.84. The van der Waals surface area contributed by atoms with Gasteiger partial charge in [-0.25, -0.2) is 4.39 Å². The van der Waals surface area contributed by atoms with Crippen molar-refractivity contribution in [2.75, 3.05) is 6.54 Å². The van der Waals surface area contributed by atoms with Gasteiger partial charge in [-0.2, -0.15) is 0 Å². The Morgan fingerprint density at radius 3 is 2.67 bits per heavy atom. The maximum absolute atomic E-state index is 13.3. The van der Waals surface area contributed by atoms with Gasteiger partial charge in [-0.3, -0.25) is 19.4 Å². The molecule has 0 aliphatic rings. The minimum Gasteiger partial charge on any atom is -0.350 e. The summed E-state index contributed by atoms with van der Waals surface area (Å²) >= 11 is 0. The number of carbonyl (C=O) groups is 1. The number of hydrogen-bond acceptors (Lipinski definition) is 2. The number of halogens is 1. The fourth-order valence-corrected chi connectivity index (χ4v) is 2.01. The van der Waals surface area contributed by atoms with Crippen LogP contribution in [0.3, 0.4) is 0 Å². The molecule has 0 saturated heterocycles. The number of aromatic amines is 1. The zero-order valence-electron chi connectivity index (χ0n) is 12.2. The Balaban J connectivity index is 2.07. The molecule has 0 spiro atoms. The molecule has 1 aromatic heterocycles. The van der Waals surface area contributed by atoms with E-state index in [9.17, 15) is 14.0 Å². The fourth-order valence-electron chi connectivity index (χ4n) is 2.01. The van der Waals surface area contributed by atoms with Crippen LogP contribution in [-0.4, -0.2) is 22.2 Å². The van der Waals surface area contributed by atoms with Crippen molar-refractivity contribution in [2.45, 2.75) is 19.3 Å². The third kappa shape index (κ3) is 3.39. The molecule has 0 aliphatic carbocycles. The summed E-state index contributed by atoms with van der Waals surface area (Å²) in [5, 5.41) is 5.41. The lowest BCUT2D eigenvalue weighted by Gasteiger charge is -2.25. The van der Waals surface area contributed by atoms with Gasteiger partial charge < -0.3 is 5.32 Å². The average molecular weight is 291 g/mol. The quantitative estimate of drug-likeness (QED) is 0.897. The second-order valence-corrected chi connectivity index (χ2v) is 5.64. The number of nitrogens with one attached hydrogen (secondary N) is 2. The molecule has 0 bridgehead atoms. The van der Waals surface area contributed by atoms with Crippen molar-refractivity contribution in [1.29, 1.82) is 0 Å². The molecule has 0 unspecified atom stereocenters. The minimum absolute atomic E-state index is 0.206. The van der Waals surface area contributed by atoms with Crippen molar-refractivity contribution in [2.24, 2.45) is 7.05 Å². The molecular formula is C15H18FN3O2. The minimum atomic E-state index is -0.424. The molecule has 0 aliphatic heterocycles. The molecule has 6 heteroatoms. The Bertz CT molecular complexity index is 716. The van der Waals surface area contributed by atoms with Gasteiger partial charge in [0.25, 0.3) is 11.5 Å². The average Bonchev–Trinajstić information content (AvgIpc) is 2.76. The summed E-state index contributed by atoms with van der Waals surface area (Å²) in [6.45, 7) is 4.15. The molecule has 2 N–H and O–H groups in total. The summed E-state index contributed by atoms with van der Waals surface area (Å²) in [7, 11) is 1.54. The molecule has 0 radical (unpaired) electrons. The molecule has 1 heterocycles. The van der Waals surface area contributed by atoms with Crippen LogP contribution in [-0.2, 0) is 12.5 Å². The molecule has 112 valence electrons. The fraction of sp³-hybridized carbons (Fsp3) is 0.333. The van der Waals surface area contributed by atoms with E-state index in [1.807, 2.05) is 19.9 Å². The molecule has 2 aromatic rings. The van der Waals surface area contributed by atoms with Gasteiger partial charge in [0.2, 0.25) is 0 Å². The number of aryl methyl sites for hydroxylation is 1. The maximum atomic E-state index is 13.3. The van der Waals surface area contributed by atoms with E-state index < -0.39 is 5.41 Å². The number of H-pyrrole nitrogens is 1. The van der Waals surface area contributed by atoms with Crippen LogP contribution in [0, 0.1) is 5.82 Å². The first-order valence-corrected chi connectivity index (χ1v) is 6.60. The van der Waals surface area contributed by atoms with Gasteiger partial charge in [-0.05, 0) is 17.7 Å². The van der Waals surface area contributed by atoms with Crippen LogP contribution >= 0.6 is 0 Å². The first kappa shape index (κ1) is 15.0. The zero-order chi connectivity index (χ0) is 15.6. The van der Waals surface area contributed by atoms with E-state index in [4.69, 9.17) is 0 Å². The normalized spacial score (nSPS) is 11.4. The highest BCUT2D eigenvalue weighted by Gasteiger charge is 2.22. The van der Waals surface area contributed by atoms with Crippen LogP contribution in [0.2, 0.25) is 0 Å². The molecule has 1 amide bonds. The Kier molecular flexibility index (Phi) is 3.97. The van der Waals surface area contributed by atoms with Crippen molar-refractivity contribution < 1.29 is 9.18 Å². The Morgan fingerprint density at radius 2 is 2.10 bits per heavy atom. The lowest BCUT2D eigenvalue weighted by Crippen LogP contribution is -2.37. The first-order valence-electron chi connectivity index (χ1n) is 6.60. The maximum Gasteiger partial charge on any atom is 0.269 e. The van der Waals surface area contributed by atoms with Gasteiger partial charge in [-0.15, -0.1) is 0 Å². The first-order chi connectivity index (χ1) is 9.79. The monoisotopic (exact) mass is 291 g/mol. The summed E-state index contributed by atoms with van der Waals surface area (Å²) in [4.78, 5) is 23.3. The van der Waals surface area contributed by atoms with Crippen molar-refractivity contribution in [3.8, 4) is 0 Å². The third-order valence-corrected chi connectivity index (χ3v) is 3.43. The SMILES string of the molecule is Cn1[nH]c(C(=O)NCC(C)(C)c2cccc(F)c2)cc1=O. The van der Waals surface area contributed by atoms with Gasteiger partial charge in [0, 0.05) is 25.1 Å². The number of amides is 1. The van der Waals surface area contributed by atoms with Crippen molar-refractivity contribution in [1.82, 2.24) is 15.1 Å². The summed E-state index contributed by atoms with van der Waals surface area (Å²) < 4.78 is 14.5. The molecule has 0 atom stereocenters. The largest absolute Gasteiger partial charge is 0.350 e. The van der Waals surface area contributed by atoms with Crippen LogP contribution in [0.5, 0.6) is 0 Å². The van der Waals surface area contributed by atoms with Gasteiger partial charge in [0.05, 0.1) is 0 Å². The van der Waals surface area contributed by atoms with Crippen LogP contribution < -0.4 is 10.9 Å². The predicted octanol–water partition coefficient (Wildman–Crippen LogP) is 1.56. The van der Waals surface area contributed by atoms with Crippen molar-refractivity contribution in [3.05, 3.63) is 57.8 Å². The Hall–Kier alpha value is -2.37. The highest BCUT2D eigenvalue weighted by Crippen LogP contribution is 2.22. The van der Waals surface area contributed by atoms with Crippen LogP contribution in [0.15, 0.2) is 35.1 Å². The second-order valence-electron chi connectivity index (χ2n) is 5.64. The van der Waals surface area contributed by atoms with E-state index in [-0.39, 0.29) is 23.0 Å². The van der Waals surface area contributed by atoms with Crippen LogP contribution in [0.1, 0.15) is 29.9 Å². The highest BCUT2D eigenvalue weighted by molar-refractivity contribution is 5.92. The van der Waals surface area contributed by atoms with Crippen molar-refractivity contribution in [3.63, 3.8) is 0 Å². The molecule has 0 saturated carbocycles. The van der Waals surface area contributed by atoms with E-state index in [0.717, 1.165) is 5.56 Å². The molecular weight excluding hydrogens is 273 g/mol. The van der Waals surface area contributed by atoms with E-state index in [1.54, 1.807) is 6.07 Å². The number of nitrogens with zero attached hydrogens (tertiary/aromatic N) is 1. The molecule has 0 fully saturated rings. The number of aromatic nitrogens is 2. The summed E-state index contributed by atoms with van der Waals surface area (Å²) in [6.07, 6.45) is 0. The highest BCUT2D eigenvalue weighted by atomic mass is 19.1.